The minimum Gasteiger partial charge on any atom is -0.512 e. The van der Waals surface area contributed by atoms with E-state index >= 15 is 0 Å². The molecular formula is C17H27BrO. The fraction of sp³-hybridized carbons (Fsp3) is 0.647. The van der Waals surface area contributed by atoms with Crippen molar-refractivity contribution in [2.75, 3.05) is 5.33 Å². The van der Waals surface area contributed by atoms with Gasteiger partial charge in [0.05, 0.1) is 5.76 Å². The molecule has 0 heterocycles. The highest BCUT2D eigenvalue weighted by Crippen LogP contribution is 2.17. The van der Waals surface area contributed by atoms with E-state index < -0.39 is 0 Å². The SMILES string of the molecule is OC(CCCCCCCCCCCBr)=C1C=CC=C1. The molecule has 0 fully saturated rings. The minimum absolute atomic E-state index is 0.555. The van der Waals surface area contributed by atoms with E-state index in [4.69, 9.17) is 0 Å². The summed E-state index contributed by atoms with van der Waals surface area (Å²) in [5, 5.41) is 11.0. The van der Waals surface area contributed by atoms with Crippen LogP contribution in [0.4, 0.5) is 0 Å². The van der Waals surface area contributed by atoms with Gasteiger partial charge in [-0.2, -0.15) is 0 Å². The van der Waals surface area contributed by atoms with Crippen molar-refractivity contribution in [2.45, 2.75) is 64.2 Å². The van der Waals surface area contributed by atoms with Gasteiger partial charge in [-0.1, -0.05) is 85.2 Å². The largest absolute Gasteiger partial charge is 0.512 e. The summed E-state index contributed by atoms with van der Waals surface area (Å²) in [6, 6.07) is 0. The molecule has 0 unspecified atom stereocenters. The lowest BCUT2D eigenvalue weighted by atomic mass is 10.1. The molecular weight excluding hydrogens is 300 g/mol. The summed E-state index contributed by atoms with van der Waals surface area (Å²) in [4.78, 5) is 0. The van der Waals surface area contributed by atoms with E-state index in [1.54, 1.807) is 0 Å². The number of rotatable bonds is 11. The summed E-state index contributed by atoms with van der Waals surface area (Å²) < 4.78 is 0. The lowest BCUT2D eigenvalue weighted by molar-refractivity contribution is 0.377. The number of alkyl halides is 1. The quantitative estimate of drug-likeness (QED) is 0.271. The highest BCUT2D eigenvalue weighted by Gasteiger charge is 2.01. The summed E-state index contributed by atoms with van der Waals surface area (Å²) in [5.41, 5.74) is 0.992. The summed E-state index contributed by atoms with van der Waals surface area (Å²) in [6.07, 6.45) is 20.6. The molecule has 108 valence electrons. The molecule has 0 atom stereocenters. The lowest BCUT2D eigenvalue weighted by Gasteiger charge is -2.03. The minimum atomic E-state index is 0.555. The molecule has 19 heavy (non-hydrogen) atoms. The maximum absolute atomic E-state index is 9.85. The van der Waals surface area contributed by atoms with E-state index in [0.29, 0.717) is 5.76 Å². The molecule has 1 rings (SSSR count). The number of hydrogen-bond acceptors (Lipinski definition) is 1. The van der Waals surface area contributed by atoms with Gasteiger partial charge in [0, 0.05) is 17.3 Å². The van der Waals surface area contributed by atoms with E-state index in [0.717, 1.165) is 23.7 Å². The summed E-state index contributed by atoms with van der Waals surface area (Å²) in [5.74, 6) is 0.555. The number of aliphatic hydroxyl groups excluding tert-OH is 1. The molecule has 0 saturated carbocycles. The van der Waals surface area contributed by atoms with Crippen molar-refractivity contribution >= 4 is 15.9 Å². The van der Waals surface area contributed by atoms with Crippen LogP contribution in [0.1, 0.15) is 64.2 Å². The Morgan fingerprint density at radius 3 is 1.79 bits per heavy atom. The normalized spacial score (nSPS) is 13.4. The molecule has 0 aromatic carbocycles. The zero-order valence-electron chi connectivity index (χ0n) is 11.9. The molecule has 1 aliphatic rings. The van der Waals surface area contributed by atoms with Crippen LogP contribution in [0.15, 0.2) is 35.6 Å². The monoisotopic (exact) mass is 326 g/mol. The third-order valence-electron chi connectivity index (χ3n) is 3.54. The second kappa shape index (κ2) is 11.3. The third kappa shape index (κ3) is 8.30. The van der Waals surface area contributed by atoms with Gasteiger partial charge in [0.25, 0.3) is 0 Å². The Labute approximate surface area is 126 Å². The molecule has 0 spiro atoms. The Morgan fingerprint density at radius 1 is 0.789 bits per heavy atom. The summed E-state index contributed by atoms with van der Waals surface area (Å²) in [7, 11) is 0. The van der Waals surface area contributed by atoms with Gasteiger partial charge < -0.3 is 5.11 Å². The van der Waals surface area contributed by atoms with Crippen molar-refractivity contribution in [3.8, 4) is 0 Å². The van der Waals surface area contributed by atoms with Crippen molar-refractivity contribution in [3.05, 3.63) is 35.6 Å². The van der Waals surface area contributed by atoms with Crippen LogP contribution >= 0.6 is 15.9 Å². The van der Waals surface area contributed by atoms with Crippen LogP contribution in [0.2, 0.25) is 0 Å². The summed E-state index contributed by atoms with van der Waals surface area (Å²) in [6.45, 7) is 0. The molecule has 0 aliphatic heterocycles. The Bertz CT molecular complexity index is 301. The van der Waals surface area contributed by atoms with Crippen LogP contribution in [-0.2, 0) is 0 Å². The second-order valence-corrected chi connectivity index (χ2v) is 6.03. The maximum Gasteiger partial charge on any atom is 0.0994 e. The van der Waals surface area contributed by atoms with Crippen LogP contribution in [0.3, 0.4) is 0 Å². The Balaban J connectivity index is 1.87. The molecule has 0 bridgehead atoms. The zero-order chi connectivity index (χ0) is 13.8. The van der Waals surface area contributed by atoms with Crippen molar-refractivity contribution in [1.82, 2.24) is 0 Å². The van der Waals surface area contributed by atoms with Crippen molar-refractivity contribution in [1.29, 1.82) is 0 Å². The van der Waals surface area contributed by atoms with E-state index in [2.05, 4.69) is 15.9 Å². The molecule has 1 nitrogen and oxygen atoms in total. The average Bonchev–Trinajstić information content (AvgIpc) is 2.95. The van der Waals surface area contributed by atoms with Crippen LogP contribution in [0.5, 0.6) is 0 Å². The first kappa shape index (κ1) is 16.6. The number of halogens is 1. The van der Waals surface area contributed by atoms with Crippen molar-refractivity contribution in [2.24, 2.45) is 0 Å². The lowest BCUT2D eigenvalue weighted by Crippen LogP contribution is -1.87. The summed E-state index contributed by atoms with van der Waals surface area (Å²) >= 11 is 3.46. The smallest absolute Gasteiger partial charge is 0.0994 e. The van der Waals surface area contributed by atoms with Gasteiger partial charge in [0.15, 0.2) is 0 Å². The molecule has 0 amide bonds. The first-order chi connectivity index (χ1) is 9.34. The molecule has 0 aromatic rings. The fourth-order valence-electron chi connectivity index (χ4n) is 2.34. The van der Waals surface area contributed by atoms with E-state index in [1.807, 2.05) is 24.3 Å². The Kier molecular flexibility index (Phi) is 9.88. The molecule has 1 N–H and O–H groups in total. The van der Waals surface area contributed by atoms with Crippen LogP contribution in [-0.4, -0.2) is 10.4 Å². The van der Waals surface area contributed by atoms with Crippen LogP contribution in [0, 0.1) is 0 Å². The predicted molar refractivity (Wildman–Crippen MR) is 87.9 cm³/mol. The van der Waals surface area contributed by atoms with Gasteiger partial charge >= 0.3 is 0 Å². The second-order valence-electron chi connectivity index (χ2n) is 5.24. The molecule has 1 aliphatic carbocycles. The van der Waals surface area contributed by atoms with Gasteiger partial charge in [0.1, 0.15) is 0 Å². The highest BCUT2D eigenvalue weighted by molar-refractivity contribution is 9.09. The predicted octanol–water partition coefficient (Wildman–Crippen LogP) is 6.22. The Morgan fingerprint density at radius 2 is 1.26 bits per heavy atom. The van der Waals surface area contributed by atoms with Gasteiger partial charge in [-0.25, -0.2) is 0 Å². The number of allylic oxidation sites excluding steroid dienone is 6. The Hall–Kier alpha value is -0.500. The van der Waals surface area contributed by atoms with Gasteiger partial charge in [0.2, 0.25) is 0 Å². The van der Waals surface area contributed by atoms with Gasteiger partial charge in [-0.15, -0.1) is 0 Å². The van der Waals surface area contributed by atoms with E-state index in [1.165, 1.54) is 51.4 Å². The zero-order valence-corrected chi connectivity index (χ0v) is 13.5. The van der Waals surface area contributed by atoms with E-state index in [-0.39, 0.29) is 0 Å². The first-order valence-corrected chi connectivity index (χ1v) is 8.79. The van der Waals surface area contributed by atoms with Crippen LogP contribution in [0.25, 0.3) is 0 Å². The van der Waals surface area contributed by atoms with Gasteiger partial charge in [-0.3, -0.25) is 0 Å². The highest BCUT2D eigenvalue weighted by atomic mass is 79.9. The standard InChI is InChI=1S/C17H27BrO/c18-15-11-7-5-3-1-2-4-6-8-14-17(19)16-12-9-10-13-16/h9-10,12-13,19H,1-8,11,14-15H2. The first-order valence-electron chi connectivity index (χ1n) is 7.67. The average molecular weight is 327 g/mol. The molecule has 0 radical (unpaired) electrons. The molecule has 0 aromatic heterocycles. The maximum atomic E-state index is 9.85. The van der Waals surface area contributed by atoms with E-state index in [9.17, 15) is 5.11 Å². The van der Waals surface area contributed by atoms with Gasteiger partial charge in [-0.05, 0) is 12.8 Å². The molecule has 2 heteroatoms. The molecule has 0 saturated heterocycles. The number of unbranched alkanes of at least 4 members (excludes halogenated alkanes) is 8. The topological polar surface area (TPSA) is 20.2 Å². The van der Waals surface area contributed by atoms with Crippen LogP contribution < -0.4 is 0 Å². The van der Waals surface area contributed by atoms with Crippen molar-refractivity contribution < 1.29 is 5.11 Å². The fourth-order valence-corrected chi connectivity index (χ4v) is 2.73. The van der Waals surface area contributed by atoms with Crippen molar-refractivity contribution in [3.63, 3.8) is 0 Å². The number of aliphatic hydroxyl groups is 1. The third-order valence-corrected chi connectivity index (χ3v) is 4.10. The number of hydrogen-bond donors (Lipinski definition) is 1.